The van der Waals surface area contributed by atoms with Crippen LogP contribution < -0.4 is 0 Å². The van der Waals surface area contributed by atoms with Gasteiger partial charge in [0.1, 0.15) is 0 Å². The molecule has 3 nitrogen and oxygen atoms in total. The fraction of sp³-hybridized carbons (Fsp3) is 1.00. The Morgan fingerprint density at radius 1 is 0.654 bits per heavy atom. The predicted octanol–water partition coefficient (Wildman–Crippen LogP) is 6.73. The molecule has 158 valence electrons. The van der Waals surface area contributed by atoms with E-state index in [4.69, 9.17) is 8.85 Å². The smallest absolute Gasteiger partial charge is 0.192 e. The number of unbranched alkanes of at least 4 members (excludes halogenated alkanes) is 1. The van der Waals surface area contributed by atoms with Crippen molar-refractivity contribution in [2.24, 2.45) is 0 Å². The standard InChI is InChI=1S/C21H48O3Si2/c1-8-20(23-25(9-2,10-3)11-4)19-21(17-15-16-18-22)24-26(12-5,13-6)14-7/h20-22H,8-19H2,1-7H3/t20-,21-/m1/s1. The summed E-state index contributed by atoms with van der Waals surface area (Å²) in [6, 6.07) is 7.24. The molecule has 0 aliphatic carbocycles. The summed E-state index contributed by atoms with van der Waals surface area (Å²) in [7, 11) is -3.18. The van der Waals surface area contributed by atoms with Crippen LogP contribution in [-0.2, 0) is 8.85 Å². The fourth-order valence-corrected chi connectivity index (χ4v) is 9.90. The van der Waals surface area contributed by atoms with Gasteiger partial charge in [0, 0.05) is 18.8 Å². The molecule has 0 rings (SSSR count). The van der Waals surface area contributed by atoms with Crippen LogP contribution in [0.1, 0.15) is 80.6 Å². The Morgan fingerprint density at radius 2 is 1.08 bits per heavy atom. The third-order valence-corrected chi connectivity index (χ3v) is 16.0. The van der Waals surface area contributed by atoms with Gasteiger partial charge in [0.15, 0.2) is 16.6 Å². The van der Waals surface area contributed by atoms with E-state index in [0.29, 0.717) is 12.2 Å². The molecule has 0 aliphatic heterocycles. The Labute approximate surface area is 166 Å². The number of aliphatic hydroxyl groups is 1. The fourth-order valence-electron chi connectivity index (χ4n) is 4.01. The average Bonchev–Trinajstić information content (AvgIpc) is 2.69. The summed E-state index contributed by atoms with van der Waals surface area (Å²) in [5, 5.41) is 9.18. The Bertz CT molecular complexity index is 315. The molecule has 0 unspecified atom stereocenters. The molecule has 0 saturated carbocycles. The first-order valence-electron chi connectivity index (χ1n) is 11.4. The Morgan fingerprint density at radius 3 is 1.42 bits per heavy atom. The summed E-state index contributed by atoms with van der Waals surface area (Å²) in [4.78, 5) is 0. The van der Waals surface area contributed by atoms with E-state index in [0.717, 1.165) is 32.1 Å². The summed E-state index contributed by atoms with van der Waals surface area (Å²) in [6.07, 6.45) is 5.74. The van der Waals surface area contributed by atoms with Crippen molar-refractivity contribution in [3.05, 3.63) is 0 Å². The molecule has 26 heavy (non-hydrogen) atoms. The van der Waals surface area contributed by atoms with E-state index in [1.165, 1.54) is 36.3 Å². The highest BCUT2D eigenvalue weighted by Gasteiger charge is 2.35. The van der Waals surface area contributed by atoms with Crippen molar-refractivity contribution in [1.29, 1.82) is 0 Å². The van der Waals surface area contributed by atoms with Gasteiger partial charge in [-0.2, -0.15) is 0 Å². The molecule has 0 radical (unpaired) electrons. The number of aliphatic hydroxyl groups excluding tert-OH is 1. The molecule has 0 bridgehead atoms. The van der Waals surface area contributed by atoms with Gasteiger partial charge in [-0.1, -0.05) is 48.5 Å². The van der Waals surface area contributed by atoms with Crippen molar-refractivity contribution >= 4 is 16.6 Å². The maximum atomic E-state index is 9.18. The summed E-state index contributed by atoms with van der Waals surface area (Å²) >= 11 is 0. The molecule has 0 aromatic carbocycles. The van der Waals surface area contributed by atoms with Crippen LogP contribution in [0.15, 0.2) is 0 Å². The monoisotopic (exact) mass is 404 g/mol. The molecule has 2 atom stereocenters. The Balaban J connectivity index is 5.15. The zero-order chi connectivity index (χ0) is 20.1. The van der Waals surface area contributed by atoms with Crippen LogP contribution in [0.5, 0.6) is 0 Å². The van der Waals surface area contributed by atoms with E-state index >= 15 is 0 Å². The van der Waals surface area contributed by atoms with Crippen LogP contribution in [0.3, 0.4) is 0 Å². The second-order valence-corrected chi connectivity index (χ2v) is 17.3. The maximum Gasteiger partial charge on any atom is 0.192 e. The van der Waals surface area contributed by atoms with Crippen LogP contribution in [0, 0.1) is 0 Å². The van der Waals surface area contributed by atoms with Crippen molar-refractivity contribution in [3.8, 4) is 0 Å². The lowest BCUT2D eigenvalue weighted by Crippen LogP contribution is -2.44. The van der Waals surface area contributed by atoms with Gasteiger partial charge in [-0.3, -0.25) is 0 Å². The van der Waals surface area contributed by atoms with Crippen LogP contribution >= 0.6 is 0 Å². The first kappa shape index (κ1) is 26.3. The van der Waals surface area contributed by atoms with E-state index in [-0.39, 0.29) is 6.61 Å². The van der Waals surface area contributed by atoms with Crippen LogP contribution in [0.2, 0.25) is 36.3 Å². The first-order valence-corrected chi connectivity index (χ1v) is 16.5. The van der Waals surface area contributed by atoms with Gasteiger partial charge in [0.2, 0.25) is 0 Å². The molecule has 0 heterocycles. The minimum Gasteiger partial charge on any atom is -0.414 e. The van der Waals surface area contributed by atoms with E-state index in [9.17, 15) is 5.11 Å². The lowest BCUT2D eigenvalue weighted by Gasteiger charge is -2.38. The van der Waals surface area contributed by atoms with Crippen molar-refractivity contribution in [2.75, 3.05) is 6.61 Å². The molecular formula is C21H48O3Si2. The summed E-state index contributed by atoms with van der Waals surface area (Å²) in [5.74, 6) is 0. The molecule has 0 aliphatic rings. The van der Waals surface area contributed by atoms with Gasteiger partial charge in [0.05, 0.1) is 0 Å². The highest BCUT2D eigenvalue weighted by Crippen LogP contribution is 2.30. The lowest BCUT2D eigenvalue weighted by atomic mass is 10.0. The van der Waals surface area contributed by atoms with Crippen molar-refractivity contribution in [3.63, 3.8) is 0 Å². The molecular weight excluding hydrogens is 356 g/mol. The second kappa shape index (κ2) is 14.3. The van der Waals surface area contributed by atoms with Crippen molar-refractivity contribution < 1.29 is 14.0 Å². The molecule has 0 spiro atoms. The van der Waals surface area contributed by atoms with Gasteiger partial charge in [-0.05, 0) is 68.4 Å². The number of hydrogen-bond acceptors (Lipinski definition) is 3. The van der Waals surface area contributed by atoms with Gasteiger partial charge in [-0.15, -0.1) is 0 Å². The number of rotatable bonds is 17. The maximum absolute atomic E-state index is 9.18. The Hall–Kier alpha value is 0.314. The third kappa shape index (κ3) is 8.55. The second-order valence-electron chi connectivity index (χ2n) is 7.83. The van der Waals surface area contributed by atoms with Gasteiger partial charge in [0.25, 0.3) is 0 Å². The summed E-state index contributed by atoms with van der Waals surface area (Å²) < 4.78 is 13.7. The molecule has 5 heteroatoms. The molecule has 0 aromatic heterocycles. The highest BCUT2D eigenvalue weighted by atomic mass is 28.4. The topological polar surface area (TPSA) is 38.7 Å². The third-order valence-electron chi connectivity index (χ3n) is 6.61. The van der Waals surface area contributed by atoms with Gasteiger partial charge >= 0.3 is 0 Å². The van der Waals surface area contributed by atoms with Crippen molar-refractivity contribution in [2.45, 2.75) is 129 Å². The van der Waals surface area contributed by atoms with E-state index in [1.54, 1.807) is 0 Å². The summed E-state index contributed by atoms with van der Waals surface area (Å²) in [6.45, 7) is 16.4. The molecule has 0 amide bonds. The highest BCUT2D eigenvalue weighted by molar-refractivity contribution is 6.74. The lowest BCUT2D eigenvalue weighted by molar-refractivity contribution is 0.0860. The zero-order valence-electron chi connectivity index (χ0n) is 18.9. The van der Waals surface area contributed by atoms with E-state index < -0.39 is 16.6 Å². The minimum absolute atomic E-state index is 0.288. The van der Waals surface area contributed by atoms with E-state index in [2.05, 4.69) is 48.5 Å². The zero-order valence-corrected chi connectivity index (χ0v) is 20.9. The largest absolute Gasteiger partial charge is 0.414 e. The van der Waals surface area contributed by atoms with Crippen LogP contribution in [-0.4, -0.2) is 40.6 Å². The van der Waals surface area contributed by atoms with E-state index in [1.807, 2.05) is 0 Å². The van der Waals surface area contributed by atoms with Crippen LogP contribution in [0.4, 0.5) is 0 Å². The van der Waals surface area contributed by atoms with Gasteiger partial charge in [-0.25, -0.2) is 0 Å². The SMILES string of the molecule is CC[C@H](C[C@@H](CCCCO)O[Si](CC)(CC)CC)O[Si](CC)(CC)CC. The minimum atomic E-state index is -1.61. The summed E-state index contributed by atoms with van der Waals surface area (Å²) in [5.41, 5.74) is 0. The molecule has 0 saturated heterocycles. The predicted molar refractivity (Wildman–Crippen MR) is 120 cm³/mol. The average molecular weight is 405 g/mol. The first-order chi connectivity index (χ1) is 12.4. The van der Waals surface area contributed by atoms with Crippen LogP contribution in [0.25, 0.3) is 0 Å². The molecule has 0 aromatic rings. The van der Waals surface area contributed by atoms with Crippen molar-refractivity contribution in [1.82, 2.24) is 0 Å². The molecule has 0 fully saturated rings. The quantitative estimate of drug-likeness (QED) is 0.216. The normalized spacial score (nSPS) is 15.2. The van der Waals surface area contributed by atoms with Gasteiger partial charge < -0.3 is 14.0 Å². The molecule has 1 N–H and O–H groups in total. The Kier molecular flexibility index (Phi) is 14.5. The number of hydrogen-bond donors (Lipinski definition) is 1.